The number of nitrogens with zero attached hydrogens (tertiary/aromatic N) is 1. The van der Waals surface area contributed by atoms with E-state index in [1.807, 2.05) is 13.8 Å². The number of rotatable bonds is 6. The maximum atomic E-state index is 11.6. The molecule has 1 rings (SSSR count). The summed E-state index contributed by atoms with van der Waals surface area (Å²) in [6.45, 7) is 8.93. The highest BCUT2D eigenvalue weighted by molar-refractivity contribution is 7.92. The number of ether oxygens (including phenoxy) is 1. The van der Waals surface area contributed by atoms with Crippen LogP contribution in [0.5, 0.6) is 0 Å². The molecule has 0 aromatic heterocycles. The number of sulfonamides is 1. The van der Waals surface area contributed by atoms with Crippen molar-refractivity contribution in [1.82, 2.24) is 4.31 Å². The average molecular weight is 219 g/mol. The Morgan fingerprint density at radius 2 is 2.21 bits per heavy atom. The largest absolute Gasteiger partial charge is 0.372 e. The number of hydrogen-bond acceptors (Lipinski definition) is 3. The molecule has 1 atom stereocenters. The Bertz CT molecular complexity index is 289. The van der Waals surface area contributed by atoms with Crippen molar-refractivity contribution in [3.63, 3.8) is 0 Å². The van der Waals surface area contributed by atoms with Crippen molar-refractivity contribution < 1.29 is 13.2 Å². The van der Waals surface area contributed by atoms with Gasteiger partial charge in [-0.2, -0.15) is 4.31 Å². The molecule has 1 fully saturated rings. The van der Waals surface area contributed by atoms with Crippen LogP contribution in [0.1, 0.15) is 13.8 Å². The van der Waals surface area contributed by atoms with Crippen molar-refractivity contribution in [1.29, 1.82) is 0 Å². The fourth-order valence-electron chi connectivity index (χ4n) is 1.20. The second-order valence-electron chi connectivity index (χ2n) is 3.88. The quantitative estimate of drug-likeness (QED) is 0.621. The number of hydrogen-bond donors (Lipinski definition) is 0. The van der Waals surface area contributed by atoms with Crippen molar-refractivity contribution in [2.24, 2.45) is 5.92 Å². The van der Waals surface area contributed by atoms with Crippen LogP contribution in [0.4, 0.5) is 0 Å². The number of epoxide rings is 1. The van der Waals surface area contributed by atoms with Gasteiger partial charge in [-0.3, -0.25) is 0 Å². The molecule has 4 nitrogen and oxygen atoms in total. The highest BCUT2D eigenvalue weighted by Gasteiger charge is 2.30. The zero-order valence-electron chi connectivity index (χ0n) is 8.64. The first-order valence-electron chi connectivity index (χ1n) is 4.70. The first kappa shape index (κ1) is 11.7. The van der Waals surface area contributed by atoms with Crippen molar-refractivity contribution in [3.8, 4) is 0 Å². The van der Waals surface area contributed by atoms with Crippen LogP contribution in [0, 0.1) is 5.92 Å². The van der Waals surface area contributed by atoms with Gasteiger partial charge < -0.3 is 4.74 Å². The predicted octanol–water partition coefficient (Wildman–Crippen LogP) is 0.817. The fraction of sp³-hybridized carbons (Fsp3) is 0.778. The van der Waals surface area contributed by atoms with Crippen LogP contribution in [0.15, 0.2) is 12.0 Å². The van der Waals surface area contributed by atoms with Gasteiger partial charge in [-0.05, 0) is 5.92 Å². The molecule has 0 amide bonds. The summed E-state index contributed by atoms with van der Waals surface area (Å²) in [5, 5.41) is 0.998. The lowest BCUT2D eigenvalue weighted by atomic mass is 10.2. The molecular weight excluding hydrogens is 202 g/mol. The zero-order chi connectivity index (χ0) is 10.8. The van der Waals surface area contributed by atoms with Crippen LogP contribution < -0.4 is 0 Å². The SMILES string of the molecule is C=CS(=O)(=O)N(CC(C)C)CC1CO1. The molecule has 1 heterocycles. The van der Waals surface area contributed by atoms with Gasteiger partial charge >= 0.3 is 0 Å². The first-order chi connectivity index (χ1) is 6.45. The summed E-state index contributed by atoms with van der Waals surface area (Å²) in [7, 11) is -3.29. The van der Waals surface area contributed by atoms with Gasteiger partial charge in [0.2, 0.25) is 10.0 Å². The summed E-state index contributed by atoms with van der Waals surface area (Å²) in [4.78, 5) is 0. The molecule has 5 heteroatoms. The third-order valence-electron chi connectivity index (χ3n) is 1.95. The van der Waals surface area contributed by atoms with Crippen molar-refractivity contribution >= 4 is 10.0 Å². The molecule has 1 unspecified atom stereocenters. The highest BCUT2D eigenvalue weighted by Crippen LogP contribution is 2.15. The molecular formula is C9H17NO3S. The molecule has 0 aliphatic carbocycles. The second kappa shape index (κ2) is 4.42. The Labute approximate surface area is 85.6 Å². The molecule has 0 radical (unpaired) electrons. The molecule has 0 aromatic carbocycles. The van der Waals surface area contributed by atoms with Gasteiger partial charge in [0.05, 0.1) is 12.7 Å². The molecule has 14 heavy (non-hydrogen) atoms. The van der Waals surface area contributed by atoms with Gasteiger partial charge in [0.15, 0.2) is 0 Å². The molecule has 1 aliphatic rings. The van der Waals surface area contributed by atoms with Gasteiger partial charge in [0.25, 0.3) is 0 Å². The van der Waals surface area contributed by atoms with E-state index in [1.54, 1.807) is 0 Å². The van der Waals surface area contributed by atoms with Crippen molar-refractivity contribution in [2.45, 2.75) is 20.0 Å². The highest BCUT2D eigenvalue weighted by atomic mass is 32.2. The van der Waals surface area contributed by atoms with E-state index in [2.05, 4.69) is 6.58 Å². The summed E-state index contributed by atoms with van der Waals surface area (Å²) in [5.74, 6) is 0.309. The Hall–Kier alpha value is -0.390. The summed E-state index contributed by atoms with van der Waals surface area (Å²) < 4.78 is 29.6. The van der Waals surface area contributed by atoms with E-state index in [0.29, 0.717) is 25.6 Å². The van der Waals surface area contributed by atoms with Gasteiger partial charge in [0.1, 0.15) is 0 Å². The summed E-state index contributed by atoms with van der Waals surface area (Å²) in [6.07, 6.45) is 0.0866. The van der Waals surface area contributed by atoms with Crippen molar-refractivity contribution in [2.75, 3.05) is 19.7 Å². The van der Waals surface area contributed by atoms with Crippen LogP contribution >= 0.6 is 0 Å². The van der Waals surface area contributed by atoms with Crippen molar-refractivity contribution in [3.05, 3.63) is 12.0 Å². The van der Waals surface area contributed by atoms with E-state index in [4.69, 9.17) is 4.74 Å². The van der Waals surface area contributed by atoms with E-state index in [1.165, 1.54) is 4.31 Å². The summed E-state index contributed by atoms with van der Waals surface area (Å²) in [5.41, 5.74) is 0. The predicted molar refractivity (Wildman–Crippen MR) is 55.3 cm³/mol. The minimum atomic E-state index is -3.29. The average Bonchev–Trinajstić information content (AvgIpc) is 2.86. The van der Waals surface area contributed by atoms with E-state index >= 15 is 0 Å². The van der Waals surface area contributed by atoms with Gasteiger partial charge in [-0.25, -0.2) is 8.42 Å². The topological polar surface area (TPSA) is 49.9 Å². The van der Waals surface area contributed by atoms with Gasteiger partial charge in [-0.15, -0.1) is 0 Å². The van der Waals surface area contributed by atoms with E-state index in [0.717, 1.165) is 5.41 Å². The first-order valence-corrected chi connectivity index (χ1v) is 6.20. The maximum Gasteiger partial charge on any atom is 0.235 e. The summed E-state index contributed by atoms with van der Waals surface area (Å²) >= 11 is 0. The lowest BCUT2D eigenvalue weighted by Crippen LogP contribution is -2.35. The van der Waals surface area contributed by atoms with E-state index < -0.39 is 10.0 Å². The second-order valence-corrected chi connectivity index (χ2v) is 5.76. The Morgan fingerprint density at radius 1 is 1.64 bits per heavy atom. The summed E-state index contributed by atoms with van der Waals surface area (Å²) in [6, 6.07) is 0. The molecule has 0 saturated carbocycles. The molecule has 0 spiro atoms. The van der Waals surface area contributed by atoms with Gasteiger partial charge in [-0.1, -0.05) is 20.4 Å². The van der Waals surface area contributed by atoms with E-state index in [-0.39, 0.29) is 6.10 Å². The van der Waals surface area contributed by atoms with Crippen LogP contribution in [0.2, 0.25) is 0 Å². The monoisotopic (exact) mass is 219 g/mol. The molecule has 82 valence electrons. The normalized spacial score (nSPS) is 21.6. The molecule has 0 N–H and O–H groups in total. The van der Waals surface area contributed by atoms with E-state index in [9.17, 15) is 8.42 Å². The standard InChI is InChI=1S/C9H17NO3S/c1-4-14(11,12)10(5-8(2)3)6-9-7-13-9/h4,8-9H,1,5-7H2,2-3H3. The third kappa shape index (κ3) is 3.40. The molecule has 1 aliphatic heterocycles. The van der Waals surface area contributed by atoms with Gasteiger partial charge in [0, 0.05) is 18.5 Å². The Morgan fingerprint density at radius 3 is 2.57 bits per heavy atom. The van der Waals surface area contributed by atoms with Crippen LogP contribution in [-0.2, 0) is 14.8 Å². The lowest BCUT2D eigenvalue weighted by molar-refractivity contribution is 0.317. The third-order valence-corrected chi connectivity index (χ3v) is 3.39. The molecule has 0 aromatic rings. The fourth-order valence-corrected chi connectivity index (χ4v) is 2.29. The molecule has 0 bridgehead atoms. The Balaban J connectivity index is 2.64. The minimum absolute atomic E-state index is 0.0866. The molecule has 1 saturated heterocycles. The smallest absolute Gasteiger partial charge is 0.235 e. The minimum Gasteiger partial charge on any atom is -0.372 e. The zero-order valence-corrected chi connectivity index (χ0v) is 9.46. The maximum absolute atomic E-state index is 11.6. The van der Waals surface area contributed by atoms with Crippen LogP contribution in [0.25, 0.3) is 0 Å². The van der Waals surface area contributed by atoms with Crippen LogP contribution in [-0.4, -0.2) is 38.5 Å². The lowest BCUT2D eigenvalue weighted by Gasteiger charge is -2.20. The van der Waals surface area contributed by atoms with Crippen LogP contribution in [0.3, 0.4) is 0 Å². The Kier molecular flexibility index (Phi) is 3.69.